The van der Waals surface area contributed by atoms with Crippen LogP contribution >= 0.6 is 12.2 Å². The second kappa shape index (κ2) is 4.47. The van der Waals surface area contributed by atoms with E-state index in [2.05, 4.69) is 15.7 Å². The summed E-state index contributed by atoms with van der Waals surface area (Å²) >= 11 is 5.65. The van der Waals surface area contributed by atoms with E-state index in [1.807, 2.05) is 18.2 Å². The second-order valence-electron chi connectivity index (χ2n) is 4.12. The van der Waals surface area contributed by atoms with E-state index in [9.17, 15) is 4.39 Å². The van der Waals surface area contributed by atoms with Gasteiger partial charge in [-0.2, -0.15) is 0 Å². The third-order valence-corrected chi connectivity index (χ3v) is 5.90. The van der Waals surface area contributed by atoms with Gasteiger partial charge in [-0.05, 0) is 0 Å². The van der Waals surface area contributed by atoms with Crippen molar-refractivity contribution in [3.63, 3.8) is 0 Å². The van der Waals surface area contributed by atoms with Gasteiger partial charge in [-0.25, -0.2) is 0 Å². The van der Waals surface area contributed by atoms with Crippen LogP contribution in [-0.4, -0.2) is 18.3 Å². The quantitative estimate of drug-likeness (QED) is 0.486. The number of halogens is 1. The van der Waals surface area contributed by atoms with E-state index in [4.69, 9.17) is 12.2 Å². The molecule has 0 N–H and O–H groups in total. The third kappa shape index (κ3) is 1.87. The minimum absolute atomic E-state index is 0.151. The number of aromatic nitrogens is 1. The summed E-state index contributed by atoms with van der Waals surface area (Å²) in [6.07, 6.45) is 0. The number of aryl methyl sites for hydroxylation is 1. The molecule has 0 fully saturated rings. The first-order valence-corrected chi connectivity index (χ1v) is 7.57. The van der Waals surface area contributed by atoms with E-state index in [1.54, 1.807) is 13.0 Å². The summed E-state index contributed by atoms with van der Waals surface area (Å²) in [5.41, 5.74) is 1.64. The molecule has 18 heavy (non-hydrogen) atoms. The number of hydrogen-bond donors (Lipinski definition) is 0. The molecule has 0 bridgehead atoms. The predicted octanol–water partition coefficient (Wildman–Crippen LogP) is 3.86. The van der Waals surface area contributed by atoms with Crippen molar-refractivity contribution in [1.29, 1.82) is 0 Å². The van der Waals surface area contributed by atoms with Crippen molar-refractivity contribution in [1.82, 2.24) is 3.56 Å². The third-order valence-electron chi connectivity index (χ3n) is 2.87. The van der Waals surface area contributed by atoms with Crippen molar-refractivity contribution < 1.29 is 4.39 Å². The number of hydrogen-bond acceptors (Lipinski definition) is 1. The van der Waals surface area contributed by atoms with Crippen molar-refractivity contribution in [3.05, 3.63) is 58.5 Å². The normalized spacial score (nSPS) is 11.0. The Morgan fingerprint density at radius 2 is 1.94 bits per heavy atom. The number of nitrogens with zero attached hydrogens (tertiary/aromatic N) is 1. The van der Waals surface area contributed by atoms with E-state index < -0.39 is 0 Å². The Labute approximate surface area is 115 Å². The maximum absolute atomic E-state index is 13.3. The zero-order valence-electron chi connectivity index (χ0n) is 9.68. The van der Waals surface area contributed by atoms with Gasteiger partial charge in [-0.3, -0.25) is 0 Å². The Morgan fingerprint density at radius 1 is 1.17 bits per heavy atom. The van der Waals surface area contributed by atoms with Crippen LogP contribution in [0.15, 0.2) is 42.5 Å². The molecule has 1 nitrogen and oxygen atoms in total. The molecule has 90 valence electrons. The van der Waals surface area contributed by atoms with Gasteiger partial charge in [0.25, 0.3) is 0 Å². The van der Waals surface area contributed by atoms with Gasteiger partial charge in [-0.1, -0.05) is 0 Å². The van der Waals surface area contributed by atoms with Gasteiger partial charge in [0, 0.05) is 0 Å². The van der Waals surface area contributed by atoms with Crippen LogP contribution in [0.1, 0.15) is 5.56 Å². The molecule has 0 spiro atoms. The molecule has 0 unspecified atom stereocenters. The Kier molecular flexibility index (Phi) is 2.94. The first kappa shape index (κ1) is 11.8. The SMILES string of the molecule is Cc1cc(-n2[se]c3ccccc3c2=S)ccc1F. The van der Waals surface area contributed by atoms with Gasteiger partial charge in [0.15, 0.2) is 0 Å². The van der Waals surface area contributed by atoms with E-state index in [0.29, 0.717) is 5.56 Å². The van der Waals surface area contributed by atoms with E-state index >= 15 is 0 Å². The zero-order chi connectivity index (χ0) is 12.7. The minimum atomic E-state index is -0.172. The Morgan fingerprint density at radius 3 is 2.67 bits per heavy atom. The molecule has 0 radical (unpaired) electrons. The van der Waals surface area contributed by atoms with Crippen molar-refractivity contribution >= 4 is 36.6 Å². The van der Waals surface area contributed by atoms with E-state index in [1.165, 1.54) is 10.3 Å². The fourth-order valence-electron chi connectivity index (χ4n) is 1.90. The molecule has 1 heterocycles. The summed E-state index contributed by atoms with van der Waals surface area (Å²) in [7, 11) is 0. The van der Waals surface area contributed by atoms with E-state index in [0.717, 1.165) is 15.7 Å². The summed E-state index contributed by atoms with van der Waals surface area (Å²) in [6.45, 7) is 1.78. The van der Waals surface area contributed by atoms with Crippen LogP contribution in [0.3, 0.4) is 0 Å². The molecule has 0 atom stereocenters. The number of benzene rings is 2. The van der Waals surface area contributed by atoms with Crippen molar-refractivity contribution in [3.8, 4) is 5.69 Å². The van der Waals surface area contributed by atoms with Crippen molar-refractivity contribution in [2.45, 2.75) is 6.92 Å². The van der Waals surface area contributed by atoms with Crippen molar-refractivity contribution in [2.24, 2.45) is 0 Å². The van der Waals surface area contributed by atoms with Crippen LogP contribution in [0, 0.1) is 17.4 Å². The van der Waals surface area contributed by atoms with Gasteiger partial charge >= 0.3 is 116 Å². The number of rotatable bonds is 1. The van der Waals surface area contributed by atoms with Crippen LogP contribution in [0.2, 0.25) is 0 Å². The molecule has 2 aromatic carbocycles. The molecule has 0 amide bonds. The average Bonchev–Trinajstić information content (AvgIpc) is 2.71. The van der Waals surface area contributed by atoms with Crippen LogP contribution < -0.4 is 0 Å². The molecule has 4 heteroatoms. The van der Waals surface area contributed by atoms with Gasteiger partial charge in [0.2, 0.25) is 0 Å². The summed E-state index contributed by atoms with van der Waals surface area (Å²) in [5.74, 6) is -0.172. The van der Waals surface area contributed by atoms with Gasteiger partial charge in [-0.15, -0.1) is 0 Å². The molecule has 1 aromatic heterocycles. The zero-order valence-corrected chi connectivity index (χ0v) is 12.2. The Hall–Kier alpha value is -1.22. The van der Waals surface area contributed by atoms with E-state index in [-0.39, 0.29) is 20.5 Å². The van der Waals surface area contributed by atoms with Crippen LogP contribution in [-0.2, 0) is 0 Å². The van der Waals surface area contributed by atoms with Gasteiger partial charge in [0.1, 0.15) is 0 Å². The first-order chi connectivity index (χ1) is 8.66. The second-order valence-corrected chi connectivity index (χ2v) is 6.58. The fraction of sp³-hybridized carbons (Fsp3) is 0.0714. The number of fused-ring (bicyclic) bond motifs is 1. The Bertz CT molecular complexity index is 788. The first-order valence-electron chi connectivity index (χ1n) is 5.54. The fourth-order valence-corrected chi connectivity index (χ4v) is 4.62. The maximum atomic E-state index is 13.3. The molecule has 0 aliphatic carbocycles. The van der Waals surface area contributed by atoms with Crippen LogP contribution in [0.4, 0.5) is 4.39 Å². The molecule has 0 aliphatic heterocycles. The summed E-state index contributed by atoms with van der Waals surface area (Å²) in [4.78, 5) is 0. The molecule has 0 saturated heterocycles. The average molecular weight is 322 g/mol. The topological polar surface area (TPSA) is 4.93 Å². The molecular formula is C14H10FNSSe. The summed E-state index contributed by atoms with van der Waals surface area (Å²) < 4.78 is 17.5. The van der Waals surface area contributed by atoms with Gasteiger partial charge < -0.3 is 0 Å². The summed E-state index contributed by atoms with van der Waals surface area (Å²) in [6, 6.07) is 13.3. The molecular weight excluding hydrogens is 312 g/mol. The molecule has 0 aliphatic rings. The summed E-state index contributed by atoms with van der Waals surface area (Å²) in [5, 5.41) is 1.13. The monoisotopic (exact) mass is 323 g/mol. The predicted molar refractivity (Wildman–Crippen MR) is 75.7 cm³/mol. The Balaban J connectivity index is 2.28. The van der Waals surface area contributed by atoms with Crippen LogP contribution in [0.5, 0.6) is 0 Å². The molecule has 0 saturated carbocycles. The van der Waals surface area contributed by atoms with Gasteiger partial charge in [0.05, 0.1) is 0 Å². The standard InChI is InChI=1S/C14H10FNSSe/c1-9-8-10(6-7-12(9)15)16-14(17)11-4-2-3-5-13(11)18-16/h2-8H,1H3. The molecule has 3 rings (SSSR count). The van der Waals surface area contributed by atoms with Crippen LogP contribution in [0.25, 0.3) is 15.3 Å². The molecule has 3 aromatic rings. The van der Waals surface area contributed by atoms with Crippen molar-refractivity contribution in [2.75, 3.05) is 0 Å².